The van der Waals surface area contributed by atoms with Gasteiger partial charge in [0.05, 0.1) is 17.9 Å². The van der Waals surface area contributed by atoms with Gasteiger partial charge in [-0.25, -0.2) is 0 Å². The predicted molar refractivity (Wildman–Crippen MR) is 140 cm³/mol. The Morgan fingerprint density at radius 2 is 1.51 bits per heavy atom. The van der Waals surface area contributed by atoms with Crippen LogP contribution in [0.25, 0.3) is 11.1 Å². The smallest absolute Gasteiger partial charge is 0.268 e. The number of rotatable bonds is 4. The maximum atomic E-state index is 13.9. The Morgan fingerprint density at radius 3 is 2.27 bits per heavy atom. The summed E-state index contributed by atoms with van der Waals surface area (Å²) in [7, 11) is 1.58. The number of phenolic OH excluding ortho intramolecular Hbond substituents is 1. The van der Waals surface area contributed by atoms with Gasteiger partial charge < -0.3 is 24.7 Å². The van der Waals surface area contributed by atoms with Gasteiger partial charge in [0, 0.05) is 24.2 Å². The lowest BCUT2D eigenvalue weighted by Gasteiger charge is -2.29. The van der Waals surface area contributed by atoms with Crippen LogP contribution in [0.3, 0.4) is 0 Å². The molecule has 0 spiro atoms. The van der Waals surface area contributed by atoms with Gasteiger partial charge in [0.2, 0.25) is 5.60 Å². The molecule has 7 heteroatoms. The minimum atomic E-state index is -2.12. The lowest BCUT2D eigenvalue weighted by molar-refractivity contribution is -0.132. The van der Waals surface area contributed by atoms with Crippen LogP contribution in [0.4, 0.5) is 11.4 Å². The van der Waals surface area contributed by atoms with Crippen LogP contribution in [-0.2, 0) is 21.7 Å². The summed E-state index contributed by atoms with van der Waals surface area (Å²) in [6, 6.07) is 27.8. The lowest BCUT2D eigenvalue weighted by atomic mass is 9.86. The first-order chi connectivity index (χ1) is 17.9. The Hall–Kier alpha value is -4.62. The van der Waals surface area contributed by atoms with Crippen molar-refractivity contribution < 1.29 is 24.5 Å². The highest BCUT2D eigenvalue weighted by molar-refractivity contribution is 6.09. The monoisotopic (exact) mass is 492 g/mol. The van der Waals surface area contributed by atoms with E-state index in [1.165, 1.54) is 21.9 Å². The molecule has 0 bridgehead atoms. The summed E-state index contributed by atoms with van der Waals surface area (Å²) in [5.41, 5.74) is 2.25. The summed E-state index contributed by atoms with van der Waals surface area (Å²) in [4.78, 5) is 28.8. The summed E-state index contributed by atoms with van der Waals surface area (Å²) in [5, 5.41) is 22.9. The molecule has 2 heterocycles. The molecule has 2 aliphatic rings. The van der Waals surface area contributed by atoms with Gasteiger partial charge in [-0.1, -0.05) is 72.8 Å². The molecule has 6 rings (SSSR count). The highest BCUT2D eigenvalue weighted by Gasteiger charge is 2.52. The number of aromatic hydroxyl groups is 1. The molecule has 4 aromatic rings. The quantitative estimate of drug-likeness (QED) is 0.446. The number of nitrogens with zero attached hydrogens (tertiary/aromatic N) is 2. The third-order valence-corrected chi connectivity index (χ3v) is 7.09. The number of ether oxygens (including phenoxy) is 1. The molecule has 184 valence electrons. The summed E-state index contributed by atoms with van der Waals surface area (Å²) < 4.78 is 5.56. The summed E-state index contributed by atoms with van der Waals surface area (Å²) in [6.07, 6.45) is 0. The molecular weight excluding hydrogens is 468 g/mol. The van der Waals surface area contributed by atoms with Gasteiger partial charge >= 0.3 is 0 Å². The molecule has 2 amide bonds. The first-order valence-electron chi connectivity index (χ1n) is 11.9. The average Bonchev–Trinajstić information content (AvgIpc) is 3.14. The van der Waals surface area contributed by atoms with Crippen molar-refractivity contribution in [2.24, 2.45) is 0 Å². The number of fused-ring (bicyclic) bond motifs is 2. The number of hydrogen-bond acceptors (Lipinski definition) is 5. The summed E-state index contributed by atoms with van der Waals surface area (Å²) >= 11 is 0. The Kier molecular flexibility index (Phi) is 5.24. The van der Waals surface area contributed by atoms with E-state index in [1.807, 2.05) is 54.6 Å². The van der Waals surface area contributed by atoms with Crippen LogP contribution in [0.1, 0.15) is 16.7 Å². The fourth-order valence-electron chi connectivity index (χ4n) is 5.06. The number of aliphatic hydroxyl groups is 1. The molecule has 7 nitrogen and oxygen atoms in total. The van der Waals surface area contributed by atoms with Gasteiger partial charge in [-0.15, -0.1) is 0 Å². The number of likely N-dealkylation sites (N-methyl/N-ethyl adjacent to an activating group) is 1. The number of para-hydroxylation sites is 1. The van der Waals surface area contributed by atoms with E-state index in [0.29, 0.717) is 22.7 Å². The second kappa shape index (κ2) is 8.50. The van der Waals surface area contributed by atoms with Crippen LogP contribution in [0.2, 0.25) is 0 Å². The van der Waals surface area contributed by atoms with Crippen molar-refractivity contribution in [3.05, 3.63) is 108 Å². The van der Waals surface area contributed by atoms with E-state index in [9.17, 15) is 19.8 Å². The molecule has 37 heavy (non-hydrogen) atoms. The lowest BCUT2D eigenvalue weighted by Crippen LogP contribution is -2.41. The van der Waals surface area contributed by atoms with Crippen LogP contribution in [0.5, 0.6) is 11.5 Å². The minimum absolute atomic E-state index is 0.00775. The topological polar surface area (TPSA) is 90.3 Å². The first kappa shape index (κ1) is 22.8. The molecule has 0 aliphatic carbocycles. The van der Waals surface area contributed by atoms with E-state index in [0.717, 1.165) is 16.7 Å². The molecule has 0 aromatic heterocycles. The number of phenols is 1. The zero-order valence-electron chi connectivity index (χ0n) is 20.1. The molecule has 0 radical (unpaired) electrons. The number of carbonyl (C=O) groups excluding carboxylic acids is 2. The van der Waals surface area contributed by atoms with Gasteiger partial charge in [0.25, 0.3) is 11.8 Å². The van der Waals surface area contributed by atoms with Crippen LogP contribution >= 0.6 is 0 Å². The minimum Gasteiger partial charge on any atom is -0.507 e. The van der Waals surface area contributed by atoms with Crippen molar-refractivity contribution in [3.63, 3.8) is 0 Å². The van der Waals surface area contributed by atoms with Gasteiger partial charge in [-0.2, -0.15) is 0 Å². The van der Waals surface area contributed by atoms with Crippen molar-refractivity contribution in [3.8, 4) is 22.6 Å². The van der Waals surface area contributed by atoms with Gasteiger partial charge in [0.15, 0.2) is 6.61 Å². The molecule has 1 atom stereocenters. The van der Waals surface area contributed by atoms with E-state index < -0.39 is 11.5 Å². The average molecular weight is 493 g/mol. The fourth-order valence-corrected chi connectivity index (χ4v) is 5.06. The first-order valence-corrected chi connectivity index (χ1v) is 11.9. The maximum Gasteiger partial charge on any atom is 0.268 e. The standard InChI is InChI=1S/C30H24N2O5/c1-31-25-16-26(33)23(15-27(25)37-18-28(31)34)30(36)22-9-5-6-10-24(22)32(29(30)35)17-19-11-13-21(14-12-19)20-7-3-2-4-8-20/h2-16,33,36H,17-18H2,1H3. The largest absolute Gasteiger partial charge is 0.507 e. The van der Waals surface area contributed by atoms with Gasteiger partial charge in [-0.3, -0.25) is 9.59 Å². The van der Waals surface area contributed by atoms with Crippen LogP contribution in [0.15, 0.2) is 91.0 Å². The predicted octanol–water partition coefficient (Wildman–Crippen LogP) is 4.20. The Balaban J connectivity index is 1.38. The van der Waals surface area contributed by atoms with E-state index in [1.54, 1.807) is 31.3 Å². The number of carbonyl (C=O) groups is 2. The molecule has 1 unspecified atom stereocenters. The fraction of sp³-hybridized carbons (Fsp3) is 0.133. The van der Waals surface area contributed by atoms with E-state index in [-0.39, 0.29) is 30.4 Å². The normalized spacial score (nSPS) is 18.4. The molecule has 0 saturated carbocycles. The molecule has 0 fully saturated rings. The van der Waals surface area contributed by atoms with Crippen molar-refractivity contribution in [2.75, 3.05) is 23.5 Å². The summed E-state index contributed by atoms with van der Waals surface area (Å²) in [6.45, 7) is 0.0778. The molecule has 2 aliphatic heterocycles. The van der Waals surface area contributed by atoms with Crippen LogP contribution < -0.4 is 14.5 Å². The van der Waals surface area contributed by atoms with Gasteiger partial charge in [0.1, 0.15) is 11.5 Å². The maximum absolute atomic E-state index is 13.9. The van der Waals surface area contributed by atoms with Crippen molar-refractivity contribution in [1.82, 2.24) is 0 Å². The molecule has 2 N–H and O–H groups in total. The van der Waals surface area contributed by atoms with E-state index in [4.69, 9.17) is 4.74 Å². The second-order valence-corrected chi connectivity index (χ2v) is 9.26. The Labute approximate surface area is 213 Å². The Morgan fingerprint density at radius 1 is 0.838 bits per heavy atom. The van der Waals surface area contributed by atoms with Crippen LogP contribution in [0, 0.1) is 0 Å². The second-order valence-electron chi connectivity index (χ2n) is 9.26. The number of hydrogen-bond donors (Lipinski definition) is 2. The molecular formula is C30H24N2O5. The number of benzene rings is 4. The Bertz CT molecular complexity index is 1530. The highest BCUT2D eigenvalue weighted by Crippen LogP contribution is 2.50. The summed E-state index contributed by atoms with van der Waals surface area (Å²) in [5.74, 6) is -0.825. The highest BCUT2D eigenvalue weighted by atomic mass is 16.5. The van der Waals surface area contributed by atoms with Crippen molar-refractivity contribution in [1.29, 1.82) is 0 Å². The van der Waals surface area contributed by atoms with Crippen molar-refractivity contribution >= 4 is 23.2 Å². The molecule has 0 saturated heterocycles. The third kappa shape index (κ3) is 3.55. The van der Waals surface area contributed by atoms with Gasteiger partial charge in [-0.05, 0) is 28.8 Å². The number of anilines is 2. The number of amides is 2. The van der Waals surface area contributed by atoms with Crippen molar-refractivity contribution in [2.45, 2.75) is 12.1 Å². The van der Waals surface area contributed by atoms with E-state index in [2.05, 4.69) is 0 Å². The zero-order chi connectivity index (χ0) is 25.7. The zero-order valence-corrected chi connectivity index (χ0v) is 20.1. The molecule has 4 aromatic carbocycles. The SMILES string of the molecule is CN1C(=O)COc2cc(C3(O)C(=O)N(Cc4ccc(-c5ccccc5)cc4)c4ccccc43)c(O)cc21. The van der Waals surface area contributed by atoms with Crippen LogP contribution in [-0.4, -0.2) is 35.7 Å². The van der Waals surface area contributed by atoms with E-state index >= 15 is 0 Å². The third-order valence-electron chi connectivity index (χ3n) is 7.09.